The van der Waals surface area contributed by atoms with Crippen molar-refractivity contribution in [2.75, 3.05) is 11.9 Å². The molecule has 1 saturated carbocycles. The monoisotopic (exact) mass is 477 g/mol. The average molecular weight is 478 g/mol. The Hall–Kier alpha value is -2.15. The van der Waals surface area contributed by atoms with Crippen molar-refractivity contribution in [1.29, 1.82) is 0 Å². The maximum Gasteiger partial charge on any atom is 0.238 e. The fourth-order valence-corrected chi connectivity index (χ4v) is 5.41. The highest BCUT2D eigenvalue weighted by molar-refractivity contribution is 6.31. The van der Waals surface area contributed by atoms with E-state index < -0.39 is 17.8 Å². The Labute approximate surface area is 197 Å². The number of amides is 2. The number of benzene rings is 2. The molecule has 2 aromatic carbocycles. The first-order valence-electron chi connectivity index (χ1n) is 11.0. The van der Waals surface area contributed by atoms with Crippen molar-refractivity contribution in [3.05, 3.63) is 63.4 Å². The molecule has 5 nitrogen and oxygen atoms in total. The van der Waals surface area contributed by atoms with Gasteiger partial charge < -0.3 is 16.0 Å². The molecule has 2 aliphatic rings. The van der Waals surface area contributed by atoms with Crippen molar-refractivity contribution in [2.45, 2.75) is 56.0 Å². The molecule has 2 fully saturated rings. The lowest BCUT2D eigenvalue weighted by atomic mass is 9.79. The summed E-state index contributed by atoms with van der Waals surface area (Å²) in [5.74, 6) is -1.44. The average Bonchev–Trinajstić information content (AvgIpc) is 3.21. The van der Waals surface area contributed by atoms with E-state index in [-0.39, 0.29) is 22.9 Å². The van der Waals surface area contributed by atoms with Crippen LogP contribution in [0.25, 0.3) is 0 Å². The maximum absolute atomic E-state index is 15.2. The minimum Gasteiger partial charge on any atom is -0.352 e. The minimum atomic E-state index is -0.630. The maximum atomic E-state index is 15.2. The van der Waals surface area contributed by atoms with E-state index in [0.29, 0.717) is 29.2 Å². The van der Waals surface area contributed by atoms with Crippen LogP contribution in [0, 0.1) is 5.82 Å². The van der Waals surface area contributed by atoms with Crippen molar-refractivity contribution in [3.63, 3.8) is 0 Å². The van der Waals surface area contributed by atoms with Gasteiger partial charge >= 0.3 is 0 Å². The molecule has 4 rings (SSSR count). The van der Waals surface area contributed by atoms with E-state index in [0.717, 1.165) is 31.2 Å². The molecule has 0 radical (unpaired) electrons. The molecule has 0 spiro atoms. The van der Waals surface area contributed by atoms with Gasteiger partial charge in [0.15, 0.2) is 0 Å². The number of carbonyl (C=O) groups is 2. The van der Waals surface area contributed by atoms with Gasteiger partial charge in [0.25, 0.3) is 0 Å². The zero-order valence-electron chi connectivity index (χ0n) is 17.5. The second-order valence-corrected chi connectivity index (χ2v) is 9.34. The fourth-order valence-electron chi connectivity index (χ4n) is 5.05. The van der Waals surface area contributed by atoms with Crippen molar-refractivity contribution < 1.29 is 14.0 Å². The highest BCUT2D eigenvalue weighted by Gasteiger charge is 2.44. The summed E-state index contributed by atoms with van der Waals surface area (Å²) >= 11 is 12.2. The summed E-state index contributed by atoms with van der Waals surface area (Å²) in [6.45, 7) is 0.439. The Morgan fingerprint density at radius 1 is 1.09 bits per heavy atom. The van der Waals surface area contributed by atoms with Gasteiger partial charge in [0, 0.05) is 35.1 Å². The predicted molar refractivity (Wildman–Crippen MR) is 125 cm³/mol. The largest absolute Gasteiger partial charge is 0.352 e. The Balaban J connectivity index is 1.71. The van der Waals surface area contributed by atoms with Crippen LogP contribution in [0.3, 0.4) is 0 Å². The quantitative estimate of drug-likeness (QED) is 0.513. The van der Waals surface area contributed by atoms with Crippen LogP contribution in [0.2, 0.25) is 10.0 Å². The van der Waals surface area contributed by atoms with Gasteiger partial charge in [-0.15, -0.1) is 0 Å². The van der Waals surface area contributed by atoms with Crippen LogP contribution in [0.5, 0.6) is 0 Å². The van der Waals surface area contributed by atoms with Crippen LogP contribution in [-0.2, 0) is 9.59 Å². The number of hydrogen-bond donors (Lipinski definition) is 3. The third-order valence-corrected chi connectivity index (χ3v) is 7.08. The highest BCUT2D eigenvalue weighted by atomic mass is 35.5. The molecule has 2 aromatic rings. The van der Waals surface area contributed by atoms with Crippen molar-refractivity contribution in [1.82, 2.24) is 10.6 Å². The number of rotatable bonds is 6. The van der Waals surface area contributed by atoms with Gasteiger partial charge in [-0.1, -0.05) is 60.7 Å². The summed E-state index contributed by atoms with van der Waals surface area (Å²) < 4.78 is 15.2. The van der Waals surface area contributed by atoms with Gasteiger partial charge in [-0.05, 0) is 42.2 Å². The predicted octanol–water partition coefficient (Wildman–Crippen LogP) is 4.99. The van der Waals surface area contributed by atoms with Crippen LogP contribution in [0.1, 0.15) is 55.1 Å². The Bertz CT molecular complexity index is 997. The molecule has 32 heavy (non-hydrogen) atoms. The van der Waals surface area contributed by atoms with Gasteiger partial charge in [0.05, 0.1) is 11.1 Å². The van der Waals surface area contributed by atoms with Crippen LogP contribution in [0.15, 0.2) is 36.4 Å². The highest BCUT2D eigenvalue weighted by Crippen LogP contribution is 2.44. The normalized spacial score (nSPS) is 23.7. The number of carbonyl (C=O) groups excluding carboxylic acids is 2. The summed E-state index contributed by atoms with van der Waals surface area (Å²) in [5.41, 5.74) is 1.70. The molecule has 0 bridgehead atoms. The summed E-state index contributed by atoms with van der Waals surface area (Å²) in [4.78, 5) is 24.5. The third kappa shape index (κ3) is 4.77. The summed E-state index contributed by atoms with van der Waals surface area (Å²) in [6.07, 6.45) is 5.90. The van der Waals surface area contributed by atoms with Crippen molar-refractivity contribution in [3.8, 4) is 0 Å². The first-order chi connectivity index (χ1) is 15.5. The first kappa shape index (κ1) is 23.0. The van der Waals surface area contributed by atoms with Crippen molar-refractivity contribution >= 4 is 41.2 Å². The number of nitrogens with one attached hydrogen (secondary N) is 3. The van der Waals surface area contributed by atoms with Crippen LogP contribution in [0.4, 0.5) is 10.1 Å². The molecule has 170 valence electrons. The van der Waals surface area contributed by atoms with E-state index >= 15 is 4.39 Å². The number of hydrogen-bond acceptors (Lipinski definition) is 3. The smallest absolute Gasteiger partial charge is 0.238 e. The van der Waals surface area contributed by atoms with E-state index in [1.807, 2.05) is 6.07 Å². The lowest BCUT2D eigenvalue weighted by Gasteiger charge is -2.29. The molecular weight excluding hydrogens is 452 g/mol. The standard InChI is InChI=1S/C24H26Cl2FN3O2/c25-14-9-10-16(20(11-14)29-13-31)18-12-28-23(24(32)30-15-5-2-1-3-6-15)21(18)17-7-4-8-19(26)22(17)27/h4,7-11,13,15,18,21,23,28H,1-3,5-6,12H2,(H,29,31)(H,30,32)/t18?,21?,23-/m1/s1. The fraction of sp³-hybridized carbons (Fsp3) is 0.417. The van der Waals surface area contributed by atoms with E-state index in [2.05, 4.69) is 16.0 Å². The topological polar surface area (TPSA) is 70.2 Å². The van der Waals surface area contributed by atoms with E-state index in [4.69, 9.17) is 23.2 Å². The molecule has 1 saturated heterocycles. The van der Waals surface area contributed by atoms with Crippen LogP contribution in [-0.4, -0.2) is 30.9 Å². The van der Waals surface area contributed by atoms with E-state index in [1.54, 1.807) is 24.3 Å². The molecule has 3 atom stereocenters. The molecule has 3 N–H and O–H groups in total. The van der Waals surface area contributed by atoms with Gasteiger partial charge in [0.1, 0.15) is 5.82 Å². The second-order valence-electron chi connectivity index (χ2n) is 8.50. The molecule has 0 aromatic heterocycles. The zero-order valence-corrected chi connectivity index (χ0v) is 19.1. The Morgan fingerprint density at radius 3 is 2.62 bits per heavy atom. The molecule has 2 amide bonds. The molecular formula is C24H26Cl2FN3O2. The van der Waals surface area contributed by atoms with E-state index in [1.165, 1.54) is 12.5 Å². The third-order valence-electron chi connectivity index (χ3n) is 6.55. The Morgan fingerprint density at radius 2 is 1.88 bits per heavy atom. The molecule has 2 unspecified atom stereocenters. The molecule has 1 aliphatic carbocycles. The number of halogens is 3. The first-order valence-corrected chi connectivity index (χ1v) is 11.7. The molecule has 1 heterocycles. The second kappa shape index (κ2) is 10.2. The van der Waals surface area contributed by atoms with Gasteiger partial charge in [-0.25, -0.2) is 4.39 Å². The van der Waals surface area contributed by atoms with Crippen LogP contribution < -0.4 is 16.0 Å². The minimum absolute atomic E-state index is 0.0157. The molecule has 8 heteroatoms. The lowest BCUT2D eigenvalue weighted by Crippen LogP contribution is -2.47. The Kier molecular flexibility index (Phi) is 7.33. The summed E-state index contributed by atoms with van der Waals surface area (Å²) in [7, 11) is 0. The van der Waals surface area contributed by atoms with Gasteiger partial charge in [-0.2, -0.15) is 0 Å². The SMILES string of the molecule is O=CNc1cc(Cl)ccc1C1CN[C@@H](C(=O)NC2CCCCC2)C1c1cccc(Cl)c1F. The zero-order chi connectivity index (χ0) is 22.7. The lowest BCUT2D eigenvalue weighted by molar-refractivity contribution is -0.124. The van der Waals surface area contributed by atoms with Crippen molar-refractivity contribution in [2.24, 2.45) is 0 Å². The summed E-state index contributed by atoms with van der Waals surface area (Å²) in [5, 5.41) is 9.65. The number of anilines is 1. The van der Waals surface area contributed by atoms with E-state index in [9.17, 15) is 9.59 Å². The van der Waals surface area contributed by atoms with Crippen LogP contribution >= 0.6 is 23.2 Å². The molecule has 1 aliphatic heterocycles. The van der Waals surface area contributed by atoms with Gasteiger partial charge in [-0.3, -0.25) is 9.59 Å². The van der Waals surface area contributed by atoms with Gasteiger partial charge in [0.2, 0.25) is 12.3 Å². The summed E-state index contributed by atoms with van der Waals surface area (Å²) in [6, 6.07) is 9.58.